The van der Waals surface area contributed by atoms with Crippen molar-refractivity contribution < 1.29 is 5.11 Å². The van der Waals surface area contributed by atoms with Crippen LogP contribution in [0, 0.1) is 0 Å². The zero-order valence-electron chi connectivity index (χ0n) is 9.76. The molecule has 2 heteroatoms. The fourth-order valence-electron chi connectivity index (χ4n) is 2.78. The summed E-state index contributed by atoms with van der Waals surface area (Å²) in [6.07, 6.45) is 1.56. The van der Waals surface area contributed by atoms with Gasteiger partial charge in [0.15, 0.2) is 0 Å². The smallest absolute Gasteiger partial charge is 0.105 e. The fourth-order valence-corrected chi connectivity index (χ4v) is 2.78. The van der Waals surface area contributed by atoms with Gasteiger partial charge in [-0.3, -0.25) is 5.32 Å². The van der Waals surface area contributed by atoms with Crippen LogP contribution in [0.1, 0.15) is 24.3 Å². The molecule has 2 aromatic rings. The predicted octanol–water partition coefficient (Wildman–Crippen LogP) is 2.63. The summed E-state index contributed by atoms with van der Waals surface area (Å²) in [6.45, 7) is 0.898. The normalized spacial score (nSPS) is 25.0. The highest BCUT2D eigenvalue weighted by atomic mass is 16.3. The van der Waals surface area contributed by atoms with Crippen LogP contribution in [0.25, 0.3) is 10.8 Å². The van der Waals surface area contributed by atoms with Gasteiger partial charge in [0.1, 0.15) is 6.23 Å². The molecular weight excluding hydrogens is 210 g/mol. The van der Waals surface area contributed by atoms with Crippen molar-refractivity contribution >= 4 is 10.8 Å². The molecule has 0 bridgehead atoms. The van der Waals surface area contributed by atoms with Gasteiger partial charge in [0.25, 0.3) is 0 Å². The van der Waals surface area contributed by atoms with Gasteiger partial charge in [0, 0.05) is 0 Å². The molecule has 1 saturated heterocycles. The van der Waals surface area contributed by atoms with Crippen molar-refractivity contribution in [2.45, 2.75) is 25.0 Å². The van der Waals surface area contributed by atoms with E-state index in [0.29, 0.717) is 5.92 Å². The lowest BCUT2D eigenvalue weighted by atomic mass is 9.86. The summed E-state index contributed by atoms with van der Waals surface area (Å²) >= 11 is 0. The maximum Gasteiger partial charge on any atom is 0.105 e. The molecule has 2 unspecified atom stereocenters. The molecule has 0 saturated carbocycles. The van der Waals surface area contributed by atoms with E-state index in [9.17, 15) is 5.11 Å². The second-order valence-electron chi connectivity index (χ2n) is 4.76. The van der Waals surface area contributed by atoms with Gasteiger partial charge in [-0.1, -0.05) is 42.5 Å². The van der Waals surface area contributed by atoms with Gasteiger partial charge >= 0.3 is 0 Å². The second kappa shape index (κ2) is 4.47. The molecule has 0 amide bonds. The average molecular weight is 227 g/mol. The summed E-state index contributed by atoms with van der Waals surface area (Å²) in [5, 5.41) is 15.4. The van der Waals surface area contributed by atoms with Gasteiger partial charge in [-0.15, -0.1) is 0 Å². The third kappa shape index (κ3) is 2.06. The molecule has 0 aromatic heterocycles. The lowest BCUT2D eigenvalue weighted by molar-refractivity contribution is 0.0980. The first-order valence-electron chi connectivity index (χ1n) is 6.24. The molecule has 1 aliphatic rings. The number of fused-ring (bicyclic) bond motifs is 1. The van der Waals surface area contributed by atoms with E-state index in [1.165, 1.54) is 16.3 Å². The molecule has 2 nitrogen and oxygen atoms in total. The third-order valence-corrected chi connectivity index (χ3v) is 3.64. The number of nitrogens with one attached hydrogen (secondary N) is 1. The standard InChI is InChI=1S/C15H17NO/c17-15-10-12(8-9-16-15)14-7-3-5-11-4-1-2-6-13(11)14/h1-7,12,15-17H,8-10H2. The largest absolute Gasteiger partial charge is 0.379 e. The molecule has 0 radical (unpaired) electrons. The van der Waals surface area contributed by atoms with Crippen LogP contribution in [0.2, 0.25) is 0 Å². The Kier molecular flexibility index (Phi) is 2.83. The summed E-state index contributed by atoms with van der Waals surface area (Å²) in [5.41, 5.74) is 1.38. The van der Waals surface area contributed by atoms with E-state index in [1.807, 2.05) is 0 Å². The van der Waals surface area contributed by atoms with Gasteiger partial charge < -0.3 is 5.11 Å². The van der Waals surface area contributed by atoms with Crippen LogP contribution >= 0.6 is 0 Å². The third-order valence-electron chi connectivity index (χ3n) is 3.64. The first kappa shape index (κ1) is 10.8. The highest BCUT2D eigenvalue weighted by molar-refractivity contribution is 5.86. The quantitative estimate of drug-likeness (QED) is 0.785. The van der Waals surface area contributed by atoms with E-state index >= 15 is 0 Å². The molecule has 2 N–H and O–H groups in total. The first-order chi connectivity index (χ1) is 8.34. The van der Waals surface area contributed by atoms with Crippen molar-refractivity contribution in [1.82, 2.24) is 5.32 Å². The van der Waals surface area contributed by atoms with Crippen LogP contribution in [0.3, 0.4) is 0 Å². The van der Waals surface area contributed by atoms with E-state index in [-0.39, 0.29) is 6.23 Å². The summed E-state index contributed by atoms with van der Waals surface area (Å²) in [5.74, 6) is 0.470. The highest BCUT2D eigenvalue weighted by Gasteiger charge is 2.22. The minimum absolute atomic E-state index is 0.354. The number of aliphatic hydroxyl groups excluding tert-OH is 1. The molecule has 88 valence electrons. The second-order valence-corrected chi connectivity index (χ2v) is 4.76. The minimum atomic E-state index is -0.354. The number of rotatable bonds is 1. The van der Waals surface area contributed by atoms with Crippen molar-refractivity contribution in [3.8, 4) is 0 Å². The Labute approximate surface area is 101 Å². The number of piperidine rings is 1. The van der Waals surface area contributed by atoms with Gasteiger partial charge in [0.2, 0.25) is 0 Å². The van der Waals surface area contributed by atoms with Crippen molar-refractivity contribution in [2.24, 2.45) is 0 Å². The van der Waals surface area contributed by atoms with Crippen LogP contribution in [-0.4, -0.2) is 17.9 Å². The molecule has 1 heterocycles. The molecule has 1 fully saturated rings. The summed E-state index contributed by atoms with van der Waals surface area (Å²) in [4.78, 5) is 0. The van der Waals surface area contributed by atoms with Crippen molar-refractivity contribution in [2.75, 3.05) is 6.54 Å². The van der Waals surface area contributed by atoms with Crippen molar-refractivity contribution in [3.05, 3.63) is 48.0 Å². The number of aliphatic hydroxyl groups is 1. The molecule has 2 aromatic carbocycles. The van der Waals surface area contributed by atoms with Crippen LogP contribution in [0.15, 0.2) is 42.5 Å². The van der Waals surface area contributed by atoms with Crippen LogP contribution < -0.4 is 5.32 Å². The van der Waals surface area contributed by atoms with E-state index in [1.54, 1.807) is 0 Å². The molecule has 17 heavy (non-hydrogen) atoms. The maximum atomic E-state index is 9.70. The SMILES string of the molecule is OC1CC(c2cccc3ccccc23)CCN1. The molecular formula is C15H17NO. The Balaban J connectivity index is 2.04. The van der Waals surface area contributed by atoms with E-state index in [4.69, 9.17) is 0 Å². The Hall–Kier alpha value is -1.38. The summed E-state index contributed by atoms with van der Waals surface area (Å²) < 4.78 is 0. The molecule has 3 rings (SSSR count). The summed E-state index contributed by atoms with van der Waals surface area (Å²) in [6, 6.07) is 15.0. The van der Waals surface area contributed by atoms with Gasteiger partial charge in [-0.05, 0) is 41.6 Å². The van der Waals surface area contributed by atoms with E-state index in [2.05, 4.69) is 47.8 Å². The zero-order valence-corrected chi connectivity index (χ0v) is 9.76. The lowest BCUT2D eigenvalue weighted by Gasteiger charge is -2.28. The lowest BCUT2D eigenvalue weighted by Crippen LogP contribution is -2.36. The van der Waals surface area contributed by atoms with Crippen molar-refractivity contribution in [3.63, 3.8) is 0 Å². The monoisotopic (exact) mass is 227 g/mol. The summed E-state index contributed by atoms with van der Waals surface area (Å²) in [7, 11) is 0. The Morgan fingerprint density at radius 2 is 1.88 bits per heavy atom. The first-order valence-corrected chi connectivity index (χ1v) is 6.24. The van der Waals surface area contributed by atoms with Gasteiger partial charge in [0.05, 0.1) is 0 Å². The fraction of sp³-hybridized carbons (Fsp3) is 0.333. The van der Waals surface area contributed by atoms with Crippen molar-refractivity contribution in [1.29, 1.82) is 0 Å². The Morgan fingerprint density at radius 1 is 1.06 bits per heavy atom. The Bertz CT molecular complexity index is 518. The van der Waals surface area contributed by atoms with Gasteiger partial charge in [-0.2, -0.15) is 0 Å². The average Bonchev–Trinajstić information content (AvgIpc) is 2.38. The predicted molar refractivity (Wildman–Crippen MR) is 69.9 cm³/mol. The minimum Gasteiger partial charge on any atom is -0.379 e. The zero-order chi connectivity index (χ0) is 11.7. The number of benzene rings is 2. The molecule has 0 spiro atoms. The van der Waals surface area contributed by atoms with E-state index in [0.717, 1.165) is 19.4 Å². The van der Waals surface area contributed by atoms with Gasteiger partial charge in [-0.25, -0.2) is 0 Å². The number of hydrogen-bond donors (Lipinski definition) is 2. The molecule has 2 atom stereocenters. The topological polar surface area (TPSA) is 32.3 Å². The highest BCUT2D eigenvalue weighted by Crippen LogP contribution is 2.32. The Morgan fingerprint density at radius 3 is 2.76 bits per heavy atom. The maximum absolute atomic E-state index is 9.70. The van der Waals surface area contributed by atoms with Crippen LogP contribution in [-0.2, 0) is 0 Å². The van der Waals surface area contributed by atoms with Crippen LogP contribution in [0.4, 0.5) is 0 Å². The number of hydrogen-bond acceptors (Lipinski definition) is 2. The van der Waals surface area contributed by atoms with Crippen LogP contribution in [0.5, 0.6) is 0 Å². The molecule has 1 aliphatic heterocycles. The van der Waals surface area contributed by atoms with E-state index < -0.39 is 0 Å². The molecule has 0 aliphatic carbocycles.